The number of nitrogen functional groups attached to an aromatic ring is 1. The molecule has 0 saturated carbocycles. The number of nitrogens with zero attached hydrogens (tertiary/aromatic N) is 1. The first-order valence-electron chi connectivity index (χ1n) is 3.33. The molecule has 0 radical (unpaired) electrons. The van der Waals surface area contributed by atoms with Gasteiger partial charge in [0.25, 0.3) is 0 Å². The fraction of sp³-hybridized carbons (Fsp3) is 0.500. The monoisotopic (exact) mass is 206 g/mol. The van der Waals surface area contributed by atoms with E-state index in [1.54, 1.807) is 0 Å². The third-order valence-electron chi connectivity index (χ3n) is 1.38. The Bertz CT molecular complexity index is 253. The zero-order chi connectivity index (χ0) is 9.14. The maximum Gasteiger partial charge on any atom is 0.180 e. The molecule has 0 saturated heterocycles. The van der Waals surface area contributed by atoms with Gasteiger partial charge in [0.05, 0.1) is 11.0 Å². The van der Waals surface area contributed by atoms with Crippen molar-refractivity contribution in [2.45, 2.75) is 12.2 Å². The van der Waals surface area contributed by atoms with Crippen molar-refractivity contribution in [2.75, 3.05) is 11.5 Å². The van der Waals surface area contributed by atoms with Gasteiger partial charge in [-0.1, -0.05) is 11.3 Å². The number of hydrogen-bond donors (Lipinski definition) is 4. The van der Waals surface area contributed by atoms with Gasteiger partial charge in [0.2, 0.25) is 0 Å². The second-order valence-electron chi connectivity index (χ2n) is 2.30. The summed E-state index contributed by atoms with van der Waals surface area (Å²) in [6.07, 6.45) is -0.345. The molecule has 4 N–H and O–H groups in total. The number of thiazole rings is 1. The van der Waals surface area contributed by atoms with Crippen LogP contribution in [0.3, 0.4) is 0 Å². The summed E-state index contributed by atoms with van der Waals surface area (Å²) in [5.41, 5.74) is 5.35. The Balaban J connectivity index is 2.70. The highest BCUT2D eigenvalue weighted by molar-refractivity contribution is 7.80. The number of anilines is 1. The van der Waals surface area contributed by atoms with Crippen molar-refractivity contribution in [3.8, 4) is 0 Å². The summed E-state index contributed by atoms with van der Waals surface area (Å²) in [7, 11) is 0. The van der Waals surface area contributed by atoms with E-state index in [1.165, 1.54) is 6.20 Å². The fourth-order valence-corrected chi connectivity index (χ4v) is 1.66. The lowest BCUT2D eigenvalue weighted by Gasteiger charge is -2.12. The van der Waals surface area contributed by atoms with Crippen LogP contribution in [0.15, 0.2) is 6.20 Å². The summed E-state index contributed by atoms with van der Waals surface area (Å²) >= 11 is 5.02. The van der Waals surface area contributed by atoms with Crippen LogP contribution in [0, 0.1) is 0 Å². The average Bonchev–Trinajstić information content (AvgIpc) is 2.49. The number of rotatable bonds is 3. The average molecular weight is 206 g/mol. The van der Waals surface area contributed by atoms with Gasteiger partial charge in [-0.25, -0.2) is 4.98 Å². The van der Waals surface area contributed by atoms with Crippen LogP contribution >= 0.6 is 24.0 Å². The van der Waals surface area contributed by atoms with Gasteiger partial charge in [-0.15, -0.1) is 0 Å². The first-order valence-corrected chi connectivity index (χ1v) is 4.78. The van der Waals surface area contributed by atoms with Gasteiger partial charge in [0.1, 0.15) is 6.10 Å². The standard InChI is InChI=1S/C6H10N2O2S2/c7-6-8-1-4(12-6)5(10)3(9)2-11/h1,3,5,9-11H,2H2,(H2,7,8). The molecule has 0 aromatic carbocycles. The predicted molar refractivity (Wildman–Crippen MR) is 51.3 cm³/mol. The molecule has 0 fully saturated rings. The van der Waals surface area contributed by atoms with Crippen LogP contribution in [0.2, 0.25) is 0 Å². The van der Waals surface area contributed by atoms with Crippen molar-refractivity contribution in [2.24, 2.45) is 0 Å². The van der Waals surface area contributed by atoms with Gasteiger partial charge in [-0.3, -0.25) is 0 Å². The van der Waals surface area contributed by atoms with Crippen LogP contribution in [0.25, 0.3) is 0 Å². The van der Waals surface area contributed by atoms with E-state index >= 15 is 0 Å². The molecule has 2 unspecified atom stereocenters. The topological polar surface area (TPSA) is 79.4 Å². The minimum absolute atomic E-state index is 0.207. The van der Waals surface area contributed by atoms with Crippen molar-refractivity contribution in [1.82, 2.24) is 4.98 Å². The second-order valence-corrected chi connectivity index (χ2v) is 3.75. The highest BCUT2D eigenvalue weighted by Gasteiger charge is 2.18. The van der Waals surface area contributed by atoms with E-state index in [-0.39, 0.29) is 5.75 Å². The van der Waals surface area contributed by atoms with Crippen LogP contribution in [-0.2, 0) is 0 Å². The van der Waals surface area contributed by atoms with Crippen LogP contribution < -0.4 is 5.73 Å². The summed E-state index contributed by atoms with van der Waals surface area (Å²) in [5, 5.41) is 19.0. The first-order chi connectivity index (χ1) is 5.65. The smallest absolute Gasteiger partial charge is 0.180 e. The molecule has 0 amide bonds. The molecule has 1 rings (SSSR count). The Labute approximate surface area is 79.5 Å². The van der Waals surface area contributed by atoms with E-state index in [0.717, 1.165) is 11.3 Å². The van der Waals surface area contributed by atoms with Gasteiger partial charge >= 0.3 is 0 Å². The Kier molecular flexibility index (Phi) is 3.33. The lowest BCUT2D eigenvalue weighted by atomic mass is 10.2. The minimum atomic E-state index is -0.933. The molecule has 0 spiro atoms. The zero-order valence-electron chi connectivity index (χ0n) is 6.21. The maximum atomic E-state index is 9.42. The van der Waals surface area contributed by atoms with Gasteiger partial charge < -0.3 is 15.9 Å². The highest BCUT2D eigenvalue weighted by atomic mass is 32.1. The molecule has 68 valence electrons. The normalized spacial score (nSPS) is 15.9. The number of hydrogen-bond acceptors (Lipinski definition) is 6. The SMILES string of the molecule is Nc1ncc(C(O)C(O)CS)s1. The summed E-state index contributed by atoms with van der Waals surface area (Å²) in [6.45, 7) is 0. The molecule has 0 aliphatic heterocycles. The fourth-order valence-electron chi connectivity index (χ4n) is 0.727. The zero-order valence-corrected chi connectivity index (χ0v) is 7.92. The van der Waals surface area contributed by atoms with Crippen LogP contribution in [0.1, 0.15) is 11.0 Å². The van der Waals surface area contributed by atoms with Gasteiger partial charge in [-0.2, -0.15) is 12.6 Å². The van der Waals surface area contributed by atoms with Gasteiger partial charge in [0.15, 0.2) is 5.13 Å². The highest BCUT2D eigenvalue weighted by Crippen LogP contribution is 2.24. The molecule has 0 aliphatic carbocycles. The first kappa shape index (κ1) is 9.79. The van der Waals surface area contributed by atoms with Crippen molar-refractivity contribution < 1.29 is 10.2 Å². The van der Waals surface area contributed by atoms with Crippen molar-refractivity contribution in [1.29, 1.82) is 0 Å². The molecular formula is C6H10N2O2S2. The largest absolute Gasteiger partial charge is 0.389 e. The lowest BCUT2D eigenvalue weighted by Crippen LogP contribution is -2.18. The van der Waals surface area contributed by atoms with Crippen LogP contribution in [-0.4, -0.2) is 27.1 Å². The number of aromatic nitrogens is 1. The van der Waals surface area contributed by atoms with Crippen LogP contribution in [0.4, 0.5) is 5.13 Å². The second kappa shape index (κ2) is 4.08. The Hall–Kier alpha value is -0.300. The maximum absolute atomic E-state index is 9.42. The molecule has 1 heterocycles. The van der Waals surface area contributed by atoms with E-state index < -0.39 is 12.2 Å². The molecule has 1 aromatic rings. The van der Waals surface area contributed by atoms with Crippen molar-refractivity contribution >= 4 is 29.1 Å². The summed E-state index contributed by atoms with van der Waals surface area (Å²) in [5.74, 6) is 0.207. The molecule has 1 aromatic heterocycles. The Morgan fingerprint density at radius 1 is 1.67 bits per heavy atom. The third kappa shape index (κ3) is 2.10. The molecule has 4 nitrogen and oxygen atoms in total. The van der Waals surface area contributed by atoms with Crippen LogP contribution in [0.5, 0.6) is 0 Å². The molecule has 6 heteroatoms. The van der Waals surface area contributed by atoms with E-state index in [0.29, 0.717) is 10.0 Å². The third-order valence-corrected chi connectivity index (χ3v) is 2.66. The molecule has 0 bridgehead atoms. The Morgan fingerprint density at radius 3 is 2.75 bits per heavy atom. The number of nitrogens with two attached hydrogens (primary N) is 1. The summed E-state index contributed by atoms with van der Waals surface area (Å²) in [4.78, 5) is 4.32. The number of aliphatic hydroxyl groups excluding tert-OH is 2. The number of thiol groups is 1. The van der Waals surface area contributed by atoms with Gasteiger partial charge in [0, 0.05) is 11.9 Å². The predicted octanol–water partition coefficient (Wildman–Crippen LogP) is 0.0494. The van der Waals surface area contributed by atoms with E-state index in [4.69, 9.17) is 5.73 Å². The van der Waals surface area contributed by atoms with Crippen molar-refractivity contribution in [3.63, 3.8) is 0 Å². The lowest BCUT2D eigenvalue weighted by molar-refractivity contribution is 0.0359. The summed E-state index contributed by atoms with van der Waals surface area (Å²) in [6, 6.07) is 0. The molecular weight excluding hydrogens is 196 g/mol. The molecule has 12 heavy (non-hydrogen) atoms. The summed E-state index contributed by atoms with van der Waals surface area (Å²) < 4.78 is 0. The van der Waals surface area contributed by atoms with E-state index in [2.05, 4.69) is 17.6 Å². The quantitative estimate of drug-likeness (QED) is 0.527. The van der Waals surface area contributed by atoms with Crippen molar-refractivity contribution in [3.05, 3.63) is 11.1 Å². The van der Waals surface area contributed by atoms with E-state index in [9.17, 15) is 10.2 Å². The van der Waals surface area contributed by atoms with Gasteiger partial charge in [-0.05, 0) is 0 Å². The van der Waals surface area contributed by atoms with E-state index in [1.807, 2.05) is 0 Å². The molecule has 0 aliphatic rings. The number of aliphatic hydroxyl groups is 2. The molecule has 2 atom stereocenters. The minimum Gasteiger partial charge on any atom is -0.389 e. The Morgan fingerprint density at radius 2 is 2.33 bits per heavy atom.